The Bertz CT molecular complexity index is 903. The predicted molar refractivity (Wildman–Crippen MR) is 91.3 cm³/mol. The van der Waals surface area contributed by atoms with Gasteiger partial charge in [0.25, 0.3) is 0 Å². The van der Waals surface area contributed by atoms with Gasteiger partial charge in [0.05, 0.1) is 5.56 Å². The molecule has 5 heteroatoms. The summed E-state index contributed by atoms with van der Waals surface area (Å²) >= 11 is 0. The molecule has 3 rings (SSSR count). The van der Waals surface area contributed by atoms with E-state index in [1.807, 2.05) is 30.3 Å². The molecule has 0 aromatic heterocycles. The third-order valence-corrected chi connectivity index (χ3v) is 3.72. The maximum absolute atomic E-state index is 12.4. The quantitative estimate of drug-likeness (QED) is 0.496. The van der Waals surface area contributed by atoms with E-state index in [1.54, 1.807) is 12.1 Å². The lowest BCUT2D eigenvalue weighted by molar-refractivity contribution is 0.0696. The van der Waals surface area contributed by atoms with Crippen LogP contribution in [0.1, 0.15) is 20.7 Å². The first kappa shape index (κ1) is 15.7. The van der Waals surface area contributed by atoms with Crippen molar-refractivity contribution in [2.75, 3.05) is 5.32 Å². The third kappa shape index (κ3) is 3.26. The molecule has 0 fully saturated rings. The predicted octanol–water partition coefficient (Wildman–Crippen LogP) is 3.15. The van der Waals surface area contributed by atoms with Crippen LogP contribution in [0.25, 0.3) is 10.8 Å². The van der Waals surface area contributed by atoms with Gasteiger partial charge in [-0.15, -0.1) is 0 Å². The molecule has 0 spiro atoms. The molecule has 0 bridgehead atoms. The Kier molecular flexibility index (Phi) is 4.26. The zero-order valence-corrected chi connectivity index (χ0v) is 12.6. The summed E-state index contributed by atoms with van der Waals surface area (Å²) in [5, 5.41) is 23.6. The first-order valence-electron chi connectivity index (χ1n) is 7.35. The Morgan fingerprint density at radius 1 is 0.833 bits per heavy atom. The summed E-state index contributed by atoms with van der Waals surface area (Å²) in [5.41, 5.74) is 0.994. The molecule has 3 N–H and O–H groups in total. The monoisotopic (exact) mass is 321 g/mol. The first-order chi connectivity index (χ1) is 11.5. The van der Waals surface area contributed by atoms with Crippen molar-refractivity contribution in [3.8, 4) is 0 Å². The van der Waals surface area contributed by atoms with E-state index in [4.69, 9.17) is 5.11 Å². The number of hydrogen-bond acceptors (Lipinski definition) is 4. The molecule has 0 saturated heterocycles. The van der Waals surface area contributed by atoms with Crippen molar-refractivity contribution in [3.63, 3.8) is 0 Å². The first-order valence-corrected chi connectivity index (χ1v) is 7.35. The van der Waals surface area contributed by atoms with Gasteiger partial charge in [-0.3, -0.25) is 4.79 Å². The van der Waals surface area contributed by atoms with Crippen molar-refractivity contribution in [1.82, 2.24) is 0 Å². The van der Waals surface area contributed by atoms with Crippen LogP contribution in [0.4, 0.5) is 5.69 Å². The number of carboxylic acids is 1. The number of aromatic carboxylic acids is 1. The highest BCUT2D eigenvalue weighted by atomic mass is 16.4. The molecule has 0 saturated carbocycles. The molecule has 5 nitrogen and oxygen atoms in total. The van der Waals surface area contributed by atoms with Crippen molar-refractivity contribution in [2.45, 2.75) is 6.23 Å². The van der Waals surface area contributed by atoms with E-state index in [0.29, 0.717) is 11.3 Å². The van der Waals surface area contributed by atoms with Crippen molar-refractivity contribution in [2.24, 2.45) is 0 Å². The molecule has 3 aromatic carbocycles. The van der Waals surface area contributed by atoms with Gasteiger partial charge < -0.3 is 15.5 Å². The van der Waals surface area contributed by atoms with Crippen LogP contribution in [0.3, 0.4) is 0 Å². The number of carbonyl (C=O) groups is 2. The van der Waals surface area contributed by atoms with E-state index in [0.717, 1.165) is 10.8 Å². The highest BCUT2D eigenvalue weighted by molar-refractivity contribution is 6.03. The van der Waals surface area contributed by atoms with Crippen molar-refractivity contribution < 1.29 is 19.8 Å². The molecule has 0 radical (unpaired) electrons. The molecule has 0 aliphatic heterocycles. The largest absolute Gasteiger partial charge is 0.478 e. The van der Waals surface area contributed by atoms with E-state index >= 15 is 0 Å². The summed E-state index contributed by atoms with van der Waals surface area (Å²) in [6.45, 7) is 0. The fourth-order valence-corrected chi connectivity index (χ4v) is 2.43. The number of anilines is 1. The number of benzene rings is 3. The lowest BCUT2D eigenvalue weighted by Crippen LogP contribution is -2.29. The molecule has 24 heavy (non-hydrogen) atoms. The van der Waals surface area contributed by atoms with E-state index in [1.165, 1.54) is 24.3 Å². The topological polar surface area (TPSA) is 86.6 Å². The van der Waals surface area contributed by atoms with Gasteiger partial charge in [0.1, 0.15) is 0 Å². The van der Waals surface area contributed by atoms with E-state index in [2.05, 4.69) is 5.32 Å². The number of carboxylic acid groups (broad SMARTS) is 1. The van der Waals surface area contributed by atoms with E-state index in [9.17, 15) is 14.7 Å². The van der Waals surface area contributed by atoms with Crippen LogP contribution >= 0.6 is 0 Å². The van der Waals surface area contributed by atoms with Gasteiger partial charge in [-0.05, 0) is 41.1 Å². The maximum Gasteiger partial charge on any atom is 0.335 e. The zero-order valence-electron chi connectivity index (χ0n) is 12.6. The SMILES string of the molecule is O=C(O)c1ccc(NC(O)C(=O)c2ccc3ccccc3c2)cc1. The van der Waals surface area contributed by atoms with Crippen LogP contribution in [0, 0.1) is 0 Å². The lowest BCUT2D eigenvalue weighted by Gasteiger charge is -2.13. The smallest absolute Gasteiger partial charge is 0.335 e. The minimum Gasteiger partial charge on any atom is -0.478 e. The van der Waals surface area contributed by atoms with Crippen LogP contribution in [0.15, 0.2) is 66.7 Å². The number of aliphatic hydroxyl groups excluding tert-OH is 1. The van der Waals surface area contributed by atoms with Crippen LogP contribution in [0.5, 0.6) is 0 Å². The average Bonchev–Trinajstić information content (AvgIpc) is 2.61. The summed E-state index contributed by atoms with van der Waals surface area (Å²) < 4.78 is 0. The number of nitrogens with one attached hydrogen (secondary N) is 1. The summed E-state index contributed by atoms with van der Waals surface area (Å²) in [7, 11) is 0. The molecule has 1 atom stereocenters. The molecular formula is C19H15NO4. The Hall–Kier alpha value is -3.18. The van der Waals surface area contributed by atoms with Gasteiger partial charge in [-0.25, -0.2) is 4.79 Å². The molecule has 1 unspecified atom stereocenters. The average molecular weight is 321 g/mol. The highest BCUT2D eigenvalue weighted by Crippen LogP contribution is 2.18. The van der Waals surface area contributed by atoms with Crippen LogP contribution in [-0.4, -0.2) is 28.2 Å². The Morgan fingerprint density at radius 2 is 1.46 bits per heavy atom. The number of Topliss-reactive ketones (excluding diaryl/α,β-unsaturated/α-hetero) is 1. The molecule has 3 aromatic rings. The summed E-state index contributed by atoms with van der Waals surface area (Å²) in [6.07, 6.45) is -1.41. The normalized spacial score (nSPS) is 11.9. The fraction of sp³-hybridized carbons (Fsp3) is 0.0526. The second-order valence-corrected chi connectivity index (χ2v) is 5.36. The summed E-state index contributed by atoms with van der Waals surface area (Å²) in [4.78, 5) is 23.2. The highest BCUT2D eigenvalue weighted by Gasteiger charge is 2.17. The second kappa shape index (κ2) is 6.52. The molecule has 0 heterocycles. The van der Waals surface area contributed by atoms with E-state index < -0.39 is 18.0 Å². The van der Waals surface area contributed by atoms with Crippen molar-refractivity contribution in [1.29, 1.82) is 0 Å². The lowest BCUT2D eigenvalue weighted by atomic mass is 10.0. The second-order valence-electron chi connectivity index (χ2n) is 5.36. The summed E-state index contributed by atoms with van der Waals surface area (Å²) in [5.74, 6) is -1.49. The van der Waals surface area contributed by atoms with Crippen LogP contribution in [0.2, 0.25) is 0 Å². The minimum absolute atomic E-state index is 0.135. The number of hydrogen-bond donors (Lipinski definition) is 3. The Labute approximate surface area is 138 Å². The Balaban J connectivity index is 1.76. The molecule has 0 aliphatic carbocycles. The van der Waals surface area contributed by atoms with Crippen molar-refractivity contribution in [3.05, 3.63) is 77.9 Å². The standard InChI is InChI=1S/C19H15NO4/c21-17(15-6-5-12-3-1-2-4-14(12)11-15)18(22)20-16-9-7-13(8-10-16)19(23)24/h1-11,18,20,22H,(H,23,24). The number of fused-ring (bicyclic) bond motifs is 1. The molecule has 0 amide bonds. The minimum atomic E-state index is -1.41. The zero-order chi connectivity index (χ0) is 17.1. The number of aliphatic hydroxyl groups is 1. The van der Waals surface area contributed by atoms with Crippen molar-refractivity contribution >= 4 is 28.2 Å². The van der Waals surface area contributed by atoms with Gasteiger partial charge in [-0.2, -0.15) is 0 Å². The van der Waals surface area contributed by atoms with Gasteiger partial charge >= 0.3 is 5.97 Å². The molecule has 0 aliphatic rings. The maximum atomic E-state index is 12.4. The van der Waals surface area contributed by atoms with Gasteiger partial charge in [0, 0.05) is 11.3 Å². The molecular weight excluding hydrogens is 306 g/mol. The fourth-order valence-electron chi connectivity index (χ4n) is 2.43. The Morgan fingerprint density at radius 3 is 2.12 bits per heavy atom. The molecule has 120 valence electrons. The van der Waals surface area contributed by atoms with Gasteiger partial charge in [-0.1, -0.05) is 36.4 Å². The summed E-state index contributed by atoms with van der Waals surface area (Å²) in [6, 6.07) is 18.7. The number of ketones is 1. The van der Waals surface area contributed by atoms with Crippen LogP contribution < -0.4 is 5.32 Å². The van der Waals surface area contributed by atoms with Gasteiger partial charge in [0.2, 0.25) is 5.78 Å². The third-order valence-electron chi connectivity index (χ3n) is 3.72. The number of carbonyl (C=O) groups excluding carboxylic acids is 1. The van der Waals surface area contributed by atoms with Crippen LogP contribution in [-0.2, 0) is 0 Å². The van der Waals surface area contributed by atoms with Gasteiger partial charge in [0.15, 0.2) is 6.23 Å². The van der Waals surface area contributed by atoms with E-state index in [-0.39, 0.29) is 5.56 Å². The number of rotatable bonds is 5.